The number of thiazole rings is 1. The van der Waals surface area contributed by atoms with E-state index in [0.29, 0.717) is 6.42 Å². The summed E-state index contributed by atoms with van der Waals surface area (Å²) in [5, 5.41) is 5.07. The van der Waals surface area contributed by atoms with Crippen LogP contribution >= 0.6 is 38.6 Å². The van der Waals surface area contributed by atoms with Gasteiger partial charge in [0.25, 0.3) is 0 Å². The van der Waals surface area contributed by atoms with Gasteiger partial charge in [0.2, 0.25) is 5.91 Å². The summed E-state index contributed by atoms with van der Waals surface area (Å²) < 4.78 is 1.08. The topological polar surface area (TPSA) is 33.2 Å². The monoisotopic (exact) mass is 384 g/mol. The summed E-state index contributed by atoms with van der Waals surface area (Å²) >= 11 is 6.75. The van der Waals surface area contributed by atoms with Crippen LogP contribution in [0.5, 0.6) is 0 Å². The second kappa shape index (κ2) is 7.03. The predicted molar refractivity (Wildman–Crippen MR) is 91.9 cm³/mol. The lowest BCUT2D eigenvalue weighted by molar-refractivity contribution is -0.130. The van der Waals surface area contributed by atoms with Crippen molar-refractivity contribution in [2.24, 2.45) is 0 Å². The number of carbonyl (C=O) groups excluding carboxylic acids is 1. The van der Waals surface area contributed by atoms with Crippen LogP contribution in [0.1, 0.15) is 31.4 Å². The van der Waals surface area contributed by atoms with Crippen LogP contribution in [0.3, 0.4) is 0 Å². The third kappa shape index (κ3) is 3.93. The first-order valence-electron chi connectivity index (χ1n) is 7.19. The van der Waals surface area contributed by atoms with Crippen molar-refractivity contribution in [2.75, 3.05) is 13.1 Å². The number of nitrogens with zero attached hydrogens (tertiary/aromatic N) is 2. The van der Waals surface area contributed by atoms with Gasteiger partial charge in [-0.25, -0.2) is 4.98 Å². The molecule has 3 rings (SSSR count). The molecule has 0 radical (unpaired) electrons. The Morgan fingerprint density at radius 2 is 1.95 bits per heavy atom. The normalized spacial score (nSPS) is 16.0. The van der Waals surface area contributed by atoms with E-state index in [9.17, 15) is 4.79 Å². The maximum absolute atomic E-state index is 12.4. The minimum atomic E-state index is 0.223. The summed E-state index contributed by atoms with van der Waals surface area (Å²) in [6.07, 6.45) is 5.20. The number of carbonyl (C=O) groups is 1. The van der Waals surface area contributed by atoms with Crippen molar-refractivity contribution in [1.29, 1.82) is 0 Å². The molecule has 1 aliphatic rings. The second-order valence-electron chi connectivity index (χ2n) is 5.24. The number of thiophene rings is 1. The van der Waals surface area contributed by atoms with Gasteiger partial charge in [-0.2, -0.15) is 0 Å². The van der Waals surface area contributed by atoms with Crippen LogP contribution < -0.4 is 0 Å². The molecule has 2 aromatic rings. The number of aromatic nitrogens is 1. The lowest BCUT2D eigenvalue weighted by Gasteiger charge is -2.19. The highest BCUT2D eigenvalue weighted by molar-refractivity contribution is 9.10. The molecule has 0 saturated carbocycles. The minimum Gasteiger partial charge on any atom is -0.342 e. The molecule has 3 nitrogen and oxygen atoms in total. The highest BCUT2D eigenvalue weighted by Gasteiger charge is 2.17. The minimum absolute atomic E-state index is 0.223. The van der Waals surface area contributed by atoms with Gasteiger partial charge in [-0.1, -0.05) is 12.8 Å². The predicted octanol–water partition coefficient (Wildman–Crippen LogP) is 4.58. The smallest absolute Gasteiger partial charge is 0.228 e. The molecule has 1 amide bonds. The fraction of sp³-hybridized carbons (Fsp3) is 0.467. The zero-order valence-corrected chi connectivity index (χ0v) is 14.9. The van der Waals surface area contributed by atoms with Crippen molar-refractivity contribution in [3.63, 3.8) is 0 Å². The van der Waals surface area contributed by atoms with Crippen LogP contribution in [0.2, 0.25) is 0 Å². The van der Waals surface area contributed by atoms with Gasteiger partial charge >= 0.3 is 0 Å². The molecule has 1 saturated heterocycles. The van der Waals surface area contributed by atoms with Gasteiger partial charge in [0.15, 0.2) is 0 Å². The lowest BCUT2D eigenvalue weighted by atomic mass is 10.2. The van der Waals surface area contributed by atoms with Crippen molar-refractivity contribution >= 4 is 44.5 Å². The Morgan fingerprint density at radius 3 is 2.62 bits per heavy atom. The summed E-state index contributed by atoms with van der Waals surface area (Å²) in [5.74, 6) is 0.223. The van der Waals surface area contributed by atoms with Gasteiger partial charge in [0.1, 0.15) is 5.01 Å². The molecule has 2 aromatic heterocycles. The van der Waals surface area contributed by atoms with Crippen LogP contribution in [0, 0.1) is 0 Å². The summed E-state index contributed by atoms with van der Waals surface area (Å²) in [6.45, 7) is 1.82. The van der Waals surface area contributed by atoms with Gasteiger partial charge in [-0.05, 0) is 34.8 Å². The van der Waals surface area contributed by atoms with E-state index >= 15 is 0 Å². The van der Waals surface area contributed by atoms with Crippen molar-refractivity contribution in [1.82, 2.24) is 9.88 Å². The zero-order valence-electron chi connectivity index (χ0n) is 11.7. The number of likely N-dealkylation sites (tertiary alicyclic amines) is 1. The van der Waals surface area contributed by atoms with E-state index in [-0.39, 0.29) is 5.91 Å². The average Bonchev–Trinajstić information content (AvgIpc) is 3.00. The van der Waals surface area contributed by atoms with Crippen molar-refractivity contribution in [2.45, 2.75) is 32.1 Å². The largest absolute Gasteiger partial charge is 0.342 e. The first kappa shape index (κ1) is 15.2. The molecule has 0 spiro atoms. The third-order valence-corrected chi connectivity index (χ3v) is 6.37. The molecule has 0 bridgehead atoms. The molecule has 1 fully saturated rings. The SMILES string of the molecule is O=C(Cc1csc(-c2cc(Br)cs2)n1)N1CCCCCC1. The molecule has 0 unspecified atom stereocenters. The van der Waals surface area contributed by atoms with Gasteiger partial charge < -0.3 is 4.90 Å². The van der Waals surface area contributed by atoms with E-state index < -0.39 is 0 Å². The zero-order chi connectivity index (χ0) is 14.7. The van der Waals surface area contributed by atoms with Gasteiger partial charge in [0, 0.05) is 28.3 Å². The molecule has 21 heavy (non-hydrogen) atoms. The summed E-state index contributed by atoms with van der Waals surface area (Å²) in [6, 6.07) is 2.07. The Labute approximate surface area is 141 Å². The van der Waals surface area contributed by atoms with E-state index in [0.717, 1.165) is 46.0 Å². The van der Waals surface area contributed by atoms with Crippen molar-refractivity contribution in [3.8, 4) is 9.88 Å². The van der Waals surface area contributed by atoms with E-state index in [1.54, 1.807) is 22.7 Å². The van der Waals surface area contributed by atoms with Crippen LogP contribution in [-0.2, 0) is 11.2 Å². The van der Waals surface area contributed by atoms with Gasteiger partial charge in [0.05, 0.1) is 17.0 Å². The van der Waals surface area contributed by atoms with Gasteiger partial charge in [-0.3, -0.25) is 4.79 Å². The molecule has 112 valence electrons. The van der Waals surface area contributed by atoms with E-state index in [1.807, 2.05) is 10.3 Å². The summed E-state index contributed by atoms with van der Waals surface area (Å²) in [5.41, 5.74) is 0.897. The highest BCUT2D eigenvalue weighted by Crippen LogP contribution is 2.32. The molecular formula is C15H17BrN2OS2. The third-order valence-electron chi connectivity index (χ3n) is 3.62. The fourth-order valence-electron chi connectivity index (χ4n) is 2.51. The molecular weight excluding hydrogens is 368 g/mol. The second-order valence-corrected chi connectivity index (χ2v) is 7.93. The molecule has 0 atom stereocenters. The van der Waals surface area contributed by atoms with E-state index in [1.165, 1.54) is 12.8 Å². The number of hydrogen-bond donors (Lipinski definition) is 0. The average molecular weight is 385 g/mol. The fourth-order valence-corrected chi connectivity index (χ4v) is 4.84. The van der Waals surface area contributed by atoms with E-state index in [4.69, 9.17) is 0 Å². The number of rotatable bonds is 3. The van der Waals surface area contributed by atoms with Crippen molar-refractivity contribution < 1.29 is 4.79 Å². The first-order chi connectivity index (χ1) is 10.2. The Hall–Kier alpha value is -0.720. The summed E-state index contributed by atoms with van der Waals surface area (Å²) in [4.78, 5) is 20.1. The standard InChI is InChI=1S/C15H17BrN2OS2/c16-11-7-13(20-9-11)15-17-12(10-21-15)8-14(19)18-5-3-1-2-4-6-18/h7,9-10H,1-6,8H2. The van der Waals surface area contributed by atoms with Gasteiger partial charge in [-0.15, -0.1) is 22.7 Å². The molecule has 1 aliphatic heterocycles. The van der Waals surface area contributed by atoms with Crippen molar-refractivity contribution in [3.05, 3.63) is 27.0 Å². The lowest BCUT2D eigenvalue weighted by Crippen LogP contribution is -2.33. The first-order valence-corrected chi connectivity index (χ1v) is 9.74. The molecule has 0 aliphatic carbocycles. The van der Waals surface area contributed by atoms with Crippen LogP contribution in [0.4, 0.5) is 0 Å². The summed E-state index contributed by atoms with van der Waals surface area (Å²) in [7, 11) is 0. The number of amides is 1. The van der Waals surface area contributed by atoms with Crippen LogP contribution in [-0.4, -0.2) is 28.9 Å². The van der Waals surface area contributed by atoms with E-state index in [2.05, 4.69) is 32.4 Å². The maximum Gasteiger partial charge on any atom is 0.228 e. The van der Waals surface area contributed by atoms with Crippen LogP contribution in [0.15, 0.2) is 21.3 Å². The highest BCUT2D eigenvalue weighted by atomic mass is 79.9. The maximum atomic E-state index is 12.4. The number of hydrogen-bond acceptors (Lipinski definition) is 4. The molecule has 3 heterocycles. The molecule has 6 heteroatoms. The quantitative estimate of drug-likeness (QED) is 0.775. The molecule has 0 aromatic carbocycles. The Morgan fingerprint density at radius 1 is 1.19 bits per heavy atom. The van der Waals surface area contributed by atoms with Crippen LogP contribution in [0.25, 0.3) is 9.88 Å². The Bertz CT molecular complexity index is 615. The Kier molecular flexibility index (Phi) is 5.08. The number of halogens is 1. The Balaban J connectivity index is 1.65. The molecule has 0 N–H and O–H groups in total.